The number of hydrogen-bond acceptors (Lipinski definition) is 8. The first-order valence-electron chi connectivity index (χ1n) is 17.7. The maximum atomic E-state index is 14.3. The summed E-state index contributed by atoms with van der Waals surface area (Å²) in [5.74, 6) is -0.788. The van der Waals surface area contributed by atoms with E-state index in [1.807, 2.05) is 24.3 Å². The number of carbonyl (C=O) groups is 3. The number of thioether (sulfide) groups is 1. The van der Waals surface area contributed by atoms with Crippen molar-refractivity contribution in [3.8, 4) is 11.4 Å². The van der Waals surface area contributed by atoms with Gasteiger partial charge in [0.15, 0.2) is 5.78 Å². The highest BCUT2D eigenvalue weighted by Gasteiger charge is 2.52. The van der Waals surface area contributed by atoms with Crippen molar-refractivity contribution in [2.75, 3.05) is 18.5 Å². The van der Waals surface area contributed by atoms with Crippen molar-refractivity contribution in [3.63, 3.8) is 0 Å². The lowest BCUT2D eigenvalue weighted by Crippen LogP contribution is -2.52. The number of amides is 2. The van der Waals surface area contributed by atoms with Gasteiger partial charge < -0.3 is 15.4 Å². The summed E-state index contributed by atoms with van der Waals surface area (Å²) in [5.41, 5.74) is 2.26. The predicted molar refractivity (Wildman–Crippen MR) is 208 cm³/mol. The predicted octanol–water partition coefficient (Wildman–Crippen LogP) is 8.27. The third-order valence-corrected chi connectivity index (χ3v) is 11.4. The lowest BCUT2D eigenvalue weighted by atomic mass is 9.76. The number of para-hydroxylation sites is 2. The summed E-state index contributed by atoms with van der Waals surface area (Å²) < 4.78 is 5.48. The van der Waals surface area contributed by atoms with Gasteiger partial charge in [-0.1, -0.05) is 116 Å². The standard InChI is InChI=1S/C40H51ClN6O4S/c1-9-37(3,4)28-23-24-32(31(26-28)38(5,6)10-2)51-25-17-22-33(48)42-27-39(7,8)34(49)40(41,35(50)43-29-18-13-11-14-19-29)52-36-44-45-46-47(36)30-20-15-12-16-21-30/h11-16,18-21,23-24,26H,9-10,17,22,25,27H2,1-8H3,(H,42,48)(H,43,50). The highest BCUT2D eigenvalue weighted by atomic mass is 35.5. The van der Waals surface area contributed by atoms with Gasteiger partial charge in [-0.05, 0) is 88.2 Å². The van der Waals surface area contributed by atoms with Crippen molar-refractivity contribution < 1.29 is 19.1 Å². The molecule has 0 aliphatic carbocycles. The molecule has 0 saturated carbocycles. The molecule has 0 aliphatic rings. The Morgan fingerprint density at radius 3 is 2.13 bits per heavy atom. The molecule has 278 valence electrons. The second kappa shape index (κ2) is 17.1. The number of benzene rings is 3. The second-order valence-corrected chi connectivity index (χ2v) is 16.8. The van der Waals surface area contributed by atoms with Gasteiger partial charge in [0.05, 0.1) is 12.3 Å². The summed E-state index contributed by atoms with van der Waals surface area (Å²) in [4.78, 5) is 41.2. The molecule has 1 unspecified atom stereocenters. The summed E-state index contributed by atoms with van der Waals surface area (Å²) in [6, 6.07) is 24.3. The largest absolute Gasteiger partial charge is 0.493 e. The third kappa shape index (κ3) is 9.80. The smallest absolute Gasteiger partial charge is 0.264 e. The van der Waals surface area contributed by atoms with Gasteiger partial charge in [-0.2, -0.15) is 4.68 Å². The van der Waals surface area contributed by atoms with Crippen molar-refractivity contribution in [2.45, 2.75) is 101 Å². The van der Waals surface area contributed by atoms with Crippen molar-refractivity contribution in [2.24, 2.45) is 5.41 Å². The van der Waals surface area contributed by atoms with E-state index < -0.39 is 21.3 Å². The Labute approximate surface area is 316 Å². The van der Waals surface area contributed by atoms with Gasteiger partial charge in [0, 0.05) is 29.6 Å². The lowest BCUT2D eigenvalue weighted by molar-refractivity contribution is -0.132. The van der Waals surface area contributed by atoms with E-state index in [1.54, 1.807) is 50.2 Å². The van der Waals surface area contributed by atoms with E-state index >= 15 is 0 Å². The number of nitrogens with zero attached hydrogens (tertiary/aromatic N) is 4. The molecule has 0 saturated heterocycles. The molecule has 1 atom stereocenters. The van der Waals surface area contributed by atoms with Crippen LogP contribution in [0.2, 0.25) is 0 Å². The first kappa shape index (κ1) is 40.5. The van der Waals surface area contributed by atoms with Crippen LogP contribution < -0.4 is 15.4 Å². The zero-order valence-corrected chi connectivity index (χ0v) is 33.0. The zero-order chi connectivity index (χ0) is 38.2. The molecule has 1 heterocycles. The molecule has 2 amide bonds. The molecular weight excluding hydrogens is 696 g/mol. The van der Waals surface area contributed by atoms with E-state index in [9.17, 15) is 14.4 Å². The molecule has 0 spiro atoms. The molecule has 4 rings (SSSR count). The summed E-state index contributed by atoms with van der Waals surface area (Å²) in [5, 5.41) is 17.7. The van der Waals surface area contributed by atoms with Crippen LogP contribution in [0.4, 0.5) is 5.69 Å². The Morgan fingerprint density at radius 2 is 1.50 bits per heavy atom. The number of anilines is 1. The van der Waals surface area contributed by atoms with Crippen LogP contribution in [0.15, 0.2) is 84.0 Å². The number of nitrogens with one attached hydrogen (secondary N) is 2. The number of carbonyl (C=O) groups excluding carboxylic acids is 3. The monoisotopic (exact) mass is 746 g/mol. The van der Waals surface area contributed by atoms with E-state index in [2.05, 4.69) is 85.9 Å². The topological polar surface area (TPSA) is 128 Å². The van der Waals surface area contributed by atoms with Gasteiger partial charge >= 0.3 is 0 Å². The second-order valence-electron chi connectivity index (χ2n) is 14.9. The van der Waals surface area contributed by atoms with Crippen LogP contribution in [0.1, 0.15) is 92.2 Å². The van der Waals surface area contributed by atoms with E-state index in [-0.39, 0.29) is 34.9 Å². The van der Waals surface area contributed by atoms with Crippen molar-refractivity contribution >= 4 is 46.6 Å². The Kier molecular flexibility index (Phi) is 13.3. The van der Waals surface area contributed by atoms with Gasteiger partial charge in [0.25, 0.3) is 5.91 Å². The highest BCUT2D eigenvalue weighted by molar-refractivity contribution is 8.03. The minimum Gasteiger partial charge on any atom is -0.493 e. The third-order valence-electron chi connectivity index (χ3n) is 9.70. The van der Waals surface area contributed by atoms with Crippen LogP contribution in [-0.4, -0.2) is 55.2 Å². The average molecular weight is 747 g/mol. The highest BCUT2D eigenvalue weighted by Crippen LogP contribution is 2.43. The summed E-state index contributed by atoms with van der Waals surface area (Å²) >= 11 is 7.80. The molecule has 0 fully saturated rings. The van der Waals surface area contributed by atoms with Crippen LogP contribution in [0.3, 0.4) is 0 Å². The minimum absolute atomic E-state index is 0.0493. The maximum Gasteiger partial charge on any atom is 0.264 e. The number of aromatic nitrogens is 4. The van der Waals surface area contributed by atoms with Crippen molar-refractivity contribution in [1.29, 1.82) is 0 Å². The summed E-state index contributed by atoms with van der Waals surface area (Å²) in [6.07, 6.45) is 2.65. The quantitative estimate of drug-likeness (QED) is 0.0451. The number of tetrazole rings is 1. The number of Topliss-reactive ketones (excluding diaryl/α,β-unsaturated/α-hetero) is 1. The number of rotatable bonds is 18. The van der Waals surface area contributed by atoms with E-state index in [0.717, 1.165) is 35.9 Å². The van der Waals surface area contributed by atoms with E-state index in [1.165, 1.54) is 10.2 Å². The lowest BCUT2D eigenvalue weighted by Gasteiger charge is -2.32. The molecule has 1 aromatic heterocycles. The molecule has 52 heavy (non-hydrogen) atoms. The fraction of sp³-hybridized carbons (Fsp3) is 0.450. The Morgan fingerprint density at radius 1 is 0.865 bits per heavy atom. The molecule has 12 heteroatoms. The molecule has 0 radical (unpaired) electrons. The SMILES string of the molecule is CCC(C)(C)c1ccc(OCCCC(=O)NCC(C)(C)C(=O)C(Cl)(Sc2nnnn2-c2ccccc2)C(=O)Nc2ccccc2)c(C(C)(C)CC)c1. The van der Waals surface area contributed by atoms with Gasteiger partial charge in [0.1, 0.15) is 5.75 Å². The molecule has 10 nitrogen and oxygen atoms in total. The molecule has 0 bridgehead atoms. The summed E-state index contributed by atoms with van der Waals surface area (Å²) in [7, 11) is 0. The molecule has 2 N–H and O–H groups in total. The first-order chi connectivity index (χ1) is 24.5. The fourth-order valence-electron chi connectivity index (χ4n) is 5.37. The molecule has 0 aliphatic heterocycles. The van der Waals surface area contributed by atoms with Crippen LogP contribution in [-0.2, 0) is 25.2 Å². The van der Waals surface area contributed by atoms with Crippen LogP contribution >= 0.6 is 23.4 Å². The Bertz CT molecular complexity index is 1830. The normalized spacial score (nSPS) is 13.2. The summed E-state index contributed by atoms with van der Waals surface area (Å²) in [6.45, 7) is 16.9. The van der Waals surface area contributed by atoms with Gasteiger partial charge in [-0.25, -0.2) is 0 Å². The molecule has 3 aromatic carbocycles. The van der Waals surface area contributed by atoms with Crippen LogP contribution in [0.25, 0.3) is 5.69 Å². The van der Waals surface area contributed by atoms with Gasteiger partial charge in [0.2, 0.25) is 15.3 Å². The fourth-order valence-corrected chi connectivity index (χ4v) is 6.95. The first-order valence-corrected chi connectivity index (χ1v) is 18.9. The Hall–Kier alpha value is -4.22. The number of alkyl halides is 1. The number of halogens is 1. The minimum atomic E-state index is -2.19. The number of ether oxygens (including phenoxy) is 1. The number of hydrogen-bond donors (Lipinski definition) is 2. The average Bonchev–Trinajstić information content (AvgIpc) is 3.60. The number of ketones is 1. The van der Waals surface area contributed by atoms with Gasteiger partial charge in [-0.15, -0.1) is 5.10 Å². The maximum absolute atomic E-state index is 14.3. The van der Waals surface area contributed by atoms with Crippen LogP contribution in [0, 0.1) is 5.41 Å². The van der Waals surface area contributed by atoms with E-state index in [0.29, 0.717) is 24.4 Å². The Balaban J connectivity index is 1.43. The molecular formula is C40H51ClN6O4S. The van der Waals surface area contributed by atoms with E-state index in [4.69, 9.17) is 16.3 Å². The molecule has 4 aromatic rings. The van der Waals surface area contributed by atoms with Crippen molar-refractivity contribution in [1.82, 2.24) is 25.5 Å². The zero-order valence-electron chi connectivity index (χ0n) is 31.5. The van der Waals surface area contributed by atoms with Crippen LogP contribution in [0.5, 0.6) is 5.75 Å². The van der Waals surface area contributed by atoms with Crippen molar-refractivity contribution in [3.05, 3.63) is 90.0 Å². The van der Waals surface area contributed by atoms with Gasteiger partial charge in [-0.3, -0.25) is 14.4 Å².